The largest absolute Gasteiger partial charge is 0.463 e. The van der Waals surface area contributed by atoms with Gasteiger partial charge < -0.3 is 21.1 Å². The number of amides is 2. The molecule has 1 aromatic carbocycles. The molecule has 1 aliphatic carbocycles. The van der Waals surface area contributed by atoms with Crippen LogP contribution in [0.25, 0.3) is 0 Å². The summed E-state index contributed by atoms with van der Waals surface area (Å²) in [4.78, 5) is 37.9. The van der Waals surface area contributed by atoms with Gasteiger partial charge in [-0.25, -0.2) is 9.18 Å². The Labute approximate surface area is 183 Å². The minimum absolute atomic E-state index is 0.166. The third-order valence-electron chi connectivity index (χ3n) is 4.86. The van der Waals surface area contributed by atoms with Crippen LogP contribution in [0.5, 0.6) is 0 Å². The van der Waals surface area contributed by atoms with Crippen LogP contribution in [0, 0.1) is 5.82 Å². The van der Waals surface area contributed by atoms with Gasteiger partial charge in [0.2, 0.25) is 0 Å². The van der Waals surface area contributed by atoms with E-state index in [1.807, 2.05) is 5.32 Å². The van der Waals surface area contributed by atoms with Crippen LogP contribution in [0.3, 0.4) is 0 Å². The molecule has 4 N–H and O–H groups in total. The predicted molar refractivity (Wildman–Crippen MR) is 108 cm³/mol. The van der Waals surface area contributed by atoms with E-state index in [2.05, 4.69) is 4.74 Å². The summed E-state index contributed by atoms with van der Waals surface area (Å²) in [5.74, 6) is -5.05. The Balaban J connectivity index is 2.11. The van der Waals surface area contributed by atoms with E-state index in [0.29, 0.717) is 29.7 Å². The van der Waals surface area contributed by atoms with Crippen LogP contribution in [0.1, 0.15) is 44.5 Å². The minimum Gasteiger partial charge on any atom is -0.463 e. The van der Waals surface area contributed by atoms with E-state index in [1.165, 1.54) is 6.92 Å². The topological polar surface area (TPSA) is 111 Å². The lowest BCUT2D eigenvalue weighted by Crippen LogP contribution is -2.69. The number of rotatable bonds is 7. The van der Waals surface area contributed by atoms with Gasteiger partial charge in [0.1, 0.15) is 10.8 Å². The van der Waals surface area contributed by atoms with Gasteiger partial charge in [-0.05, 0) is 49.9 Å². The number of halogens is 4. The molecule has 0 fully saturated rings. The molecule has 12 heteroatoms. The number of esters is 1. The molecule has 1 aromatic heterocycles. The van der Waals surface area contributed by atoms with Crippen molar-refractivity contribution < 1.29 is 36.7 Å². The molecule has 0 radical (unpaired) electrons. The number of hydrogen-bond donors (Lipinski definition) is 3. The van der Waals surface area contributed by atoms with E-state index in [4.69, 9.17) is 5.73 Å². The normalized spacial score (nSPS) is 14.9. The number of nitrogens with two attached hydrogens (primary N) is 1. The van der Waals surface area contributed by atoms with E-state index in [-0.39, 0.29) is 10.6 Å². The zero-order chi connectivity index (χ0) is 23.7. The first kappa shape index (κ1) is 23.5. The molecule has 2 aromatic rings. The SMILES string of the molecule is CCOC(=O)C(NC(=O)c1cccc(F)c1)(Nc1sc2c(c1C(N)=O)CCC2)C(F)(F)F. The maximum atomic E-state index is 14.4. The highest BCUT2D eigenvalue weighted by atomic mass is 32.1. The number of carbonyl (C=O) groups is 3. The van der Waals surface area contributed by atoms with E-state index in [9.17, 15) is 31.9 Å². The predicted octanol–water partition coefficient (Wildman–Crippen LogP) is 3.14. The second-order valence-corrected chi connectivity index (χ2v) is 8.09. The van der Waals surface area contributed by atoms with Gasteiger partial charge in [0.15, 0.2) is 0 Å². The molecule has 0 spiro atoms. The number of anilines is 1. The Bertz CT molecular complexity index is 1070. The second kappa shape index (κ2) is 8.77. The molecule has 0 saturated heterocycles. The van der Waals surface area contributed by atoms with Crippen molar-refractivity contribution in [2.75, 3.05) is 11.9 Å². The molecule has 0 aliphatic heterocycles. The van der Waals surface area contributed by atoms with Gasteiger partial charge in [-0.3, -0.25) is 9.59 Å². The molecule has 32 heavy (non-hydrogen) atoms. The van der Waals surface area contributed by atoms with Crippen molar-refractivity contribution in [1.29, 1.82) is 0 Å². The quantitative estimate of drug-likeness (QED) is 0.325. The molecular formula is C20H19F4N3O4S. The fourth-order valence-corrected chi connectivity index (χ4v) is 4.78. The van der Waals surface area contributed by atoms with Crippen molar-refractivity contribution in [3.05, 3.63) is 51.7 Å². The maximum absolute atomic E-state index is 14.4. The number of carbonyl (C=O) groups excluding carboxylic acids is 3. The summed E-state index contributed by atoms with van der Waals surface area (Å²) in [6.07, 6.45) is -3.72. The van der Waals surface area contributed by atoms with Crippen LogP contribution in [0.4, 0.5) is 22.6 Å². The molecule has 7 nitrogen and oxygen atoms in total. The molecule has 0 bridgehead atoms. The molecule has 2 amide bonds. The summed E-state index contributed by atoms with van der Waals surface area (Å²) in [7, 11) is 0. The number of fused-ring (bicyclic) bond motifs is 1. The van der Waals surface area contributed by atoms with E-state index < -0.39 is 47.6 Å². The Morgan fingerprint density at radius 1 is 1.22 bits per heavy atom. The first-order chi connectivity index (χ1) is 15.0. The van der Waals surface area contributed by atoms with Gasteiger partial charge in [0, 0.05) is 10.4 Å². The highest BCUT2D eigenvalue weighted by Crippen LogP contribution is 2.42. The third kappa shape index (κ3) is 4.27. The number of alkyl halides is 3. The molecular weight excluding hydrogens is 454 g/mol. The van der Waals surface area contributed by atoms with Crippen molar-refractivity contribution in [2.45, 2.75) is 38.0 Å². The number of primary amides is 1. The van der Waals surface area contributed by atoms with E-state index in [0.717, 1.165) is 35.6 Å². The van der Waals surface area contributed by atoms with Crippen molar-refractivity contribution in [1.82, 2.24) is 5.32 Å². The fraction of sp³-hybridized carbons (Fsp3) is 0.350. The van der Waals surface area contributed by atoms with Crippen LogP contribution in [0.15, 0.2) is 24.3 Å². The van der Waals surface area contributed by atoms with Gasteiger partial charge in [-0.15, -0.1) is 11.3 Å². The molecule has 3 rings (SSSR count). The number of thiophene rings is 1. The van der Waals surface area contributed by atoms with Gasteiger partial charge >= 0.3 is 17.8 Å². The van der Waals surface area contributed by atoms with Crippen molar-refractivity contribution in [3.8, 4) is 0 Å². The summed E-state index contributed by atoms with van der Waals surface area (Å²) in [5, 5.41) is 3.31. The van der Waals surface area contributed by atoms with Gasteiger partial charge in [-0.1, -0.05) is 6.07 Å². The van der Waals surface area contributed by atoms with Crippen LogP contribution >= 0.6 is 11.3 Å². The monoisotopic (exact) mass is 473 g/mol. The zero-order valence-electron chi connectivity index (χ0n) is 16.8. The molecule has 172 valence electrons. The molecule has 0 saturated carbocycles. The molecule has 1 unspecified atom stereocenters. The molecule has 1 aliphatic rings. The van der Waals surface area contributed by atoms with Crippen LogP contribution in [-0.2, 0) is 22.4 Å². The number of ether oxygens (including phenoxy) is 1. The number of hydrogen-bond acceptors (Lipinski definition) is 6. The maximum Gasteiger partial charge on any atom is 0.441 e. The smallest absolute Gasteiger partial charge is 0.441 e. The Morgan fingerprint density at radius 3 is 2.53 bits per heavy atom. The van der Waals surface area contributed by atoms with Crippen LogP contribution in [-0.4, -0.2) is 36.2 Å². The standard InChI is InChI=1S/C20H19F4N3O4S/c1-2-31-18(30)19(20(22,23)24,26-16(29)10-5-3-6-11(21)9-10)27-17-14(15(25)28)12-7-4-8-13(12)32-17/h3,5-6,9,27H,2,4,7-8H2,1H3,(H2,25,28)(H,26,29). The van der Waals surface area contributed by atoms with Crippen molar-refractivity contribution >= 4 is 34.1 Å². The lowest BCUT2D eigenvalue weighted by Gasteiger charge is -2.35. The first-order valence-electron chi connectivity index (χ1n) is 9.54. The summed E-state index contributed by atoms with van der Waals surface area (Å²) < 4.78 is 61.2. The van der Waals surface area contributed by atoms with Crippen LogP contribution in [0.2, 0.25) is 0 Å². The molecule has 1 atom stereocenters. The van der Waals surface area contributed by atoms with Gasteiger partial charge in [-0.2, -0.15) is 13.2 Å². The number of benzene rings is 1. The highest BCUT2D eigenvalue weighted by Gasteiger charge is 2.64. The summed E-state index contributed by atoms with van der Waals surface area (Å²) >= 11 is 0.850. The van der Waals surface area contributed by atoms with Crippen LogP contribution < -0.4 is 16.4 Å². The van der Waals surface area contributed by atoms with E-state index in [1.54, 1.807) is 5.32 Å². The van der Waals surface area contributed by atoms with E-state index >= 15 is 0 Å². The van der Waals surface area contributed by atoms with Crippen molar-refractivity contribution in [2.24, 2.45) is 5.73 Å². The summed E-state index contributed by atoms with van der Waals surface area (Å²) in [6, 6.07) is 3.94. The minimum atomic E-state index is -5.41. The second-order valence-electron chi connectivity index (χ2n) is 6.98. The third-order valence-corrected chi connectivity index (χ3v) is 6.07. The Hall–Kier alpha value is -3.15. The molecule has 1 heterocycles. The average molecular weight is 473 g/mol. The number of aryl methyl sites for hydroxylation is 1. The lowest BCUT2D eigenvalue weighted by atomic mass is 10.1. The fourth-order valence-electron chi connectivity index (χ4n) is 3.43. The Kier molecular flexibility index (Phi) is 6.44. The first-order valence-corrected chi connectivity index (χ1v) is 10.4. The highest BCUT2D eigenvalue weighted by molar-refractivity contribution is 7.16. The number of nitrogens with one attached hydrogen (secondary N) is 2. The zero-order valence-corrected chi connectivity index (χ0v) is 17.6. The van der Waals surface area contributed by atoms with Gasteiger partial charge in [0.05, 0.1) is 12.2 Å². The average Bonchev–Trinajstić information content (AvgIpc) is 3.26. The van der Waals surface area contributed by atoms with Gasteiger partial charge in [0.25, 0.3) is 11.8 Å². The Morgan fingerprint density at radius 2 is 1.94 bits per heavy atom. The summed E-state index contributed by atoms with van der Waals surface area (Å²) in [6.45, 7) is 0.875. The lowest BCUT2D eigenvalue weighted by molar-refractivity contribution is -0.204. The summed E-state index contributed by atoms with van der Waals surface area (Å²) in [5.41, 5.74) is 1.55. The van der Waals surface area contributed by atoms with Crippen molar-refractivity contribution in [3.63, 3.8) is 0 Å².